The first kappa shape index (κ1) is 16.2. The van der Waals surface area contributed by atoms with Gasteiger partial charge in [-0.3, -0.25) is 10.00 Å². The van der Waals surface area contributed by atoms with Crippen LogP contribution in [0.3, 0.4) is 0 Å². The molecule has 2 aromatic heterocycles. The fraction of sp³-hybridized carbons (Fsp3) is 0.650. The molecule has 0 atom stereocenters. The van der Waals surface area contributed by atoms with Gasteiger partial charge in [0.15, 0.2) is 0 Å². The second-order valence-corrected chi connectivity index (χ2v) is 7.97. The van der Waals surface area contributed by atoms with Crippen LogP contribution in [0.15, 0.2) is 0 Å². The third-order valence-corrected chi connectivity index (χ3v) is 6.21. The van der Waals surface area contributed by atoms with Crippen molar-refractivity contribution in [2.45, 2.75) is 58.4 Å². The van der Waals surface area contributed by atoms with Crippen molar-refractivity contribution in [3.63, 3.8) is 0 Å². The smallest absolute Gasteiger partial charge is 0.135 e. The number of aryl methyl sites for hydroxylation is 3. The van der Waals surface area contributed by atoms with E-state index in [1.54, 1.807) is 0 Å². The van der Waals surface area contributed by atoms with Crippen molar-refractivity contribution in [2.75, 3.05) is 31.1 Å². The van der Waals surface area contributed by atoms with E-state index in [1.165, 1.54) is 66.1 Å². The van der Waals surface area contributed by atoms with Gasteiger partial charge in [0.2, 0.25) is 0 Å². The van der Waals surface area contributed by atoms with Crippen molar-refractivity contribution < 1.29 is 0 Å². The van der Waals surface area contributed by atoms with Gasteiger partial charge in [-0.15, -0.1) is 0 Å². The number of nitrogens with one attached hydrogen (secondary N) is 1. The molecule has 0 saturated carbocycles. The molecule has 5 rings (SSSR count). The first-order valence-electron chi connectivity index (χ1n) is 10.2. The van der Waals surface area contributed by atoms with Gasteiger partial charge in [0.05, 0.1) is 5.69 Å². The second-order valence-electron chi connectivity index (χ2n) is 7.97. The molecule has 0 amide bonds. The molecule has 6 nitrogen and oxygen atoms in total. The van der Waals surface area contributed by atoms with Crippen LogP contribution in [0, 0.1) is 6.92 Å². The molecule has 138 valence electrons. The Morgan fingerprint density at radius 1 is 0.885 bits per heavy atom. The fourth-order valence-corrected chi connectivity index (χ4v) is 4.80. The van der Waals surface area contributed by atoms with Crippen LogP contribution in [-0.2, 0) is 32.2 Å². The minimum absolute atomic E-state index is 0.922. The topological polar surface area (TPSA) is 60.9 Å². The highest BCUT2D eigenvalue weighted by Crippen LogP contribution is 2.30. The maximum Gasteiger partial charge on any atom is 0.135 e. The lowest BCUT2D eigenvalue weighted by atomic mass is 9.96. The molecular weight excluding hydrogens is 324 g/mol. The summed E-state index contributed by atoms with van der Waals surface area (Å²) in [5.41, 5.74) is 6.87. The van der Waals surface area contributed by atoms with Crippen molar-refractivity contribution in [2.24, 2.45) is 0 Å². The molecule has 26 heavy (non-hydrogen) atoms. The predicted octanol–water partition coefficient (Wildman–Crippen LogP) is 2.20. The maximum atomic E-state index is 4.81. The Morgan fingerprint density at radius 3 is 2.58 bits per heavy atom. The van der Waals surface area contributed by atoms with Crippen LogP contribution in [0.2, 0.25) is 0 Å². The summed E-state index contributed by atoms with van der Waals surface area (Å²) in [7, 11) is 0. The summed E-state index contributed by atoms with van der Waals surface area (Å²) in [6, 6.07) is 0. The Kier molecular flexibility index (Phi) is 4.15. The number of H-pyrrole nitrogens is 1. The molecule has 0 bridgehead atoms. The summed E-state index contributed by atoms with van der Waals surface area (Å²) in [6.07, 6.45) is 8.48. The lowest BCUT2D eigenvalue weighted by Crippen LogP contribution is -2.46. The standard InChI is InChI=1S/C20H28N6/c1-14-21-17-8-4-6-16(17)20(22-14)26-11-9-25(10-12-26)13-19-15-5-2-3-7-18(15)23-24-19/h2-13H2,1H3,(H,23,24). The monoisotopic (exact) mass is 352 g/mol. The van der Waals surface area contributed by atoms with Crippen LogP contribution < -0.4 is 4.90 Å². The summed E-state index contributed by atoms with van der Waals surface area (Å²) < 4.78 is 0. The van der Waals surface area contributed by atoms with E-state index in [0.717, 1.165) is 51.4 Å². The quantitative estimate of drug-likeness (QED) is 0.918. The number of rotatable bonds is 3. The maximum absolute atomic E-state index is 4.81. The highest BCUT2D eigenvalue weighted by atomic mass is 15.3. The number of hydrogen-bond donors (Lipinski definition) is 1. The minimum Gasteiger partial charge on any atom is -0.354 e. The van der Waals surface area contributed by atoms with Crippen LogP contribution in [0.5, 0.6) is 0 Å². The van der Waals surface area contributed by atoms with Gasteiger partial charge in [0, 0.05) is 49.7 Å². The van der Waals surface area contributed by atoms with Gasteiger partial charge in [-0.25, -0.2) is 9.97 Å². The number of hydrogen-bond acceptors (Lipinski definition) is 5. The normalized spacial score (nSPS) is 20.3. The third-order valence-electron chi connectivity index (χ3n) is 6.21. The van der Waals surface area contributed by atoms with Crippen molar-refractivity contribution in [1.82, 2.24) is 25.1 Å². The van der Waals surface area contributed by atoms with Crippen molar-refractivity contribution in [3.05, 3.63) is 34.0 Å². The van der Waals surface area contributed by atoms with Gasteiger partial charge in [-0.1, -0.05) is 0 Å². The van der Waals surface area contributed by atoms with Gasteiger partial charge in [-0.2, -0.15) is 5.10 Å². The number of nitrogens with zero attached hydrogens (tertiary/aromatic N) is 5. The molecule has 0 radical (unpaired) electrons. The zero-order valence-corrected chi connectivity index (χ0v) is 15.7. The fourth-order valence-electron chi connectivity index (χ4n) is 4.80. The van der Waals surface area contributed by atoms with E-state index in [4.69, 9.17) is 4.98 Å². The van der Waals surface area contributed by atoms with Gasteiger partial charge in [-0.05, 0) is 57.4 Å². The summed E-state index contributed by atoms with van der Waals surface area (Å²) in [4.78, 5) is 14.5. The summed E-state index contributed by atoms with van der Waals surface area (Å²) in [5.74, 6) is 2.13. The first-order valence-corrected chi connectivity index (χ1v) is 10.2. The molecule has 6 heteroatoms. The molecule has 2 aromatic rings. The molecule has 1 fully saturated rings. The average Bonchev–Trinajstić information content (AvgIpc) is 3.29. The molecule has 0 aromatic carbocycles. The van der Waals surface area contributed by atoms with Gasteiger partial charge in [0.1, 0.15) is 11.6 Å². The van der Waals surface area contributed by atoms with Crippen molar-refractivity contribution >= 4 is 5.82 Å². The predicted molar refractivity (Wildman–Crippen MR) is 102 cm³/mol. The molecule has 1 N–H and O–H groups in total. The Labute approximate surface area is 155 Å². The van der Waals surface area contributed by atoms with Crippen LogP contribution in [0.1, 0.15) is 53.3 Å². The molecule has 0 spiro atoms. The van der Waals surface area contributed by atoms with Gasteiger partial charge >= 0.3 is 0 Å². The molecule has 1 saturated heterocycles. The SMILES string of the molecule is Cc1nc2c(c(N3CCN(Cc4n[nH]c5c4CCCC5)CC3)n1)CCC2. The van der Waals surface area contributed by atoms with E-state index in [9.17, 15) is 0 Å². The first-order chi connectivity index (χ1) is 12.8. The van der Waals surface area contributed by atoms with E-state index in [-0.39, 0.29) is 0 Å². The zero-order chi connectivity index (χ0) is 17.5. The van der Waals surface area contributed by atoms with Gasteiger partial charge < -0.3 is 4.90 Å². The Balaban J connectivity index is 1.27. The van der Waals surface area contributed by atoms with E-state index in [2.05, 4.69) is 25.0 Å². The van der Waals surface area contributed by atoms with Crippen LogP contribution in [0.4, 0.5) is 5.82 Å². The zero-order valence-electron chi connectivity index (χ0n) is 15.7. The lowest BCUT2D eigenvalue weighted by Gasteiger charge is -2.36. The highest BCUT2D eigenvalue weighted by molar-refractivity contribution is 5.51. The van der Waals surface area contributed by atoms with E-state index in [0.29, 0.717) is 0 Å². The Bertz CT molecular complexity index is 803. The molecule has 1 aliphatic heterocycles. The largest absolute Gasteiger partial charge is 0.354 e. The van der Waals surface area contributed by atoms with Crippen LogP contribution in [-0.4, -0.2) is 51.2 Å². The number of fused-ring (bicyclic) bond motifs is 2. The lowest BCUT2D eigenvalue weighted by molar-refractivity contribution is 0.245. The Morgan fingerprint density at radius 2 is 1.69 bits per heavy atom. The third kappa shape index (κ3) is 2.90. The second kappa shape index (κ2) is 6.65. The summed E-state index contributed by atoms with van der Waals surface area (Å²) in [5, 5.41) is 7.91. The van der Waals surface area contributed by atoms with Crippen molar-refractivity contribution in [1.29, 1.82) is 0 Å². The minimum atomic E-state index is 0.922. The summed E-state index contributed by atoms with van der Waals surface area (Å²) in [6.45, 7) is 7.28. The number of aromatic nitrogens is 4. The molecule has 0 unspecified atom stereocenters. The molecule has 3 aliphatic rings. The van der Waals surface area contributed by atoms with E-state index in [1.807, 2.05) is 6.92 Å². The Hall–Kier alpha value is -1.95. The number of piperazine rings is 1. The van der Waals surface area contributed by atoms with E-state index < -0.39 is 0 Å². The molecule has 2 aliphatic carbocycles. The highest BCUT2D eigenvalue weighted by Gasteiger charge is 2.26. The van der Waals surface area contributed by atoms with Gasteiger partial charge in [0.25, 0.3) is 0 Å². The molecule has 3 heterocycles. The van der Waals surface area contributed by atoms with Crippen molar-refractivity contribution in [3.8, 4) is 0 Å². The van der Waals surface area contributed by atoms with E-state index >= 15 is 0 Å². The molecular formula is C20H28N6. The van der Waals surface area contributed by atoms with Crippen LogP contribution in [0.25, 0.3) is 0 Å². The summed E-state index contributed by atoms with van der Waals surface area (Å²) >= 11 is 0. The number of aromatic amines is 1. The van der Waals surface area contributed by atoms with Crippen LogP contribution >= 0.6 is 0 Å². The average molecular weight is 352 g/mol. The number of anilines is 1.